The molecule has 1 aromatic rings. The van der Waals surface area contributed by atoms with Gasteiger partial charge in [-0.05, 0) is 44.0 Å². The first-order valence-corrected chi connectivity index (χ1v) is 8.89. The van der Waals surface area contributed by atoms with E-state index in [0.717, 1.165) is 16.0 Å². The summed E-state index contributed by atoms with van der Waals surface area (Å²) in [4.78, 5) is 12.6. The number of quaternary nitrogens is 1. The van der Waals surface area contributed by atoms with Crippen LogP contribution < -0.4 is 10.6 Å². The van der Waals surface area contributed by atoms with Gasteiger partial charge in [0.1, 0.15) is 0 Å². The minimum Gasteiger partial charge on any atom is -0.365 e. The van der Waals surface area contributed by atoms with E-state index in [-0.39, 0.29) is 11.9 Å². The number of sulfonamides is 1. The molecule has 0 bridgehead atoms. The molecule has 2 rings (SSSR count). The molecule has 1 saturated heterocycles. The van der Waals surface area contributed by atoms with Crippen LogP contribution >= 0.6 is 0 Å². The average Bonchev–Trinajstić information content (AvgIpc) is 2.49. The number of nitrogens with zero attached hydrogens (tertiary/aromatic N) is 1. The summed E-state index contributed by atoms with van der Waals surface area (Å²) in [6, 6.07) is 4.92. The van der Waals surface area contributed by atoms with Crippen LogP contribution in [0.25, 0.3) is 0 Å². The average molecular weight is 326 g/mol. The van der Waals surface area contributed by atoms with Crippen LogP contribution in [-0.2, 0) is 14.8 Å². The summed E-state index contributed by atoms with van der Waals surface area (Å²) in [7, 11) is -3.47. The molecular formula is C15H24N3O3S+. The number of carbonyl (C=O) groups is 1. The molecule has 0 aromatic heterocycles. The summed E-state index contributed by atoms with van der Waals surface area (Å²) in [5, 5.41) is 0. The van der Waals surface area contributed by atoms with Gasteiger partial charge in [-0.15, -0.1) is 0 Å². The first-order chi connectivity index (χ1) is 10.2. The molecule has 3 N–H and O–H groups in total. The summed E-state index contributed by atoms with van der Waals surface area (Å²) in [6.07, 6.45) is 0. The molecule has 122 valence electrons. The lowest BCUT2D eigenvalue weighted by molar-refractivity contribution is -0.917. The van der Waals surface area contributed by atoms with Gasteiger partial charge < -0.3 is 10.6 Å². The Kier molecular flexibility index (Phi) is 4.89. The summed E-state index contributed by atoms with van der Waals surface area (Å²) in [6.45, 7) is 7.64. The monoisotopic (exact) mass is 326 g/mol. The minimum atomic E-state index is -3.47. The van der Waals surface area contributed by atoms with Crippen LogP contribution in [0.1, 0.15) is 18.1 Å². The summed E-state index contributed by atoms with van der Waals surface area (Å²) < 4.78 is 26.9. The maximum atomic E-state index is 12.7. The molecule has 1 fully saturated rings. The molecule has 0 unspecified atom stereocenters. The second-order valence-electron chi connectivity index (χ2n) is 5.93. The standard InChI is InChI=1S/C15H23N3O3S/c1-11-4-5-14(10-12(11)2)22(20,21)18-8-6-17(7-9-18)13(3)15(16)19/h4-5,10,13H,6-9H2,1-3H3,(H2,16,19)/p+1/t13-/m0/s1. The first kappa shape index (κ1) is 16.9. The number of piperazine rings is 1. The van der Waals surface area contributed by atoms with E-state index < -0.39 is 10.0 Å². The fraction of sp³-hybridized carbons (Fsp3) is 0.533. The molecule has 1 aromatic carbocycles. The third kappa shape index (κ3) is 3.31. The highest BCUT2D eigenvalue weighted by atomic mass is 32.2. The zero-order valence-electron chi connectivity index (χ0n) is 13.3. The van der Waals surface area contributed by atoms with Crippen LogP contribution in [0.3, 0.4) is 0 Å². The highest BCUT2D eigenvalue weighted by Gasteiger charge is 2.33. The predicted molar refractivity (Wildman–Crippen MR) is 84.0 cm³/mol. The number of nitrogens with two attached hydrogens (primary N) is 1. The topological polar surface area (TPSA) is 84.9 Å². The van der Waals surface area contributed by atoms with Crippen molar-refractivity contribution in [1.82, 2.24) is 4.31 Å². The number of benzene rings is 1. The van der Waals surface area contributed by atoms with E-state index in [4.69, 9.17) is 5.73 Å². The van der Waals surface area contributed by atoms with Crippen LogP contribution in [0.2, 0.25) is 0 Å². The summed E-state index contributed by atoms with van der Waals surface area (Å²) >= 11 is 0. The maximum absolute atomic E-state index is 12.7. The molecule has 1 amide bonds. The molecule has 0 aliphatic carbocycles. The van der Waals surface area contributed by atoms with Gasteiger partial charge in [0.05, 0.1) is 31.1 Å². The highest BCUT2D eigenvalue weighted by molar-refractivity contribution is 7.89. The van der Waals surface area contributed by atoms with Crippen molar-refractivity contribution in [3.8, 4) is 0 Å². The van der Waals surface area contributed by atoms with Gasteiger partial charge in [-0.2, -0.15) is 4.31 Å². The molecule has 0 spiro atoms. The molecule has 0 radical (unpaired) electrons. The van der Waals surface area contributed by atoms with Crippen molar-refractivity contribution >= 4 is 15.9 Å². The lowest BCUT2D eigenvalue weighted by Gasteiger charge is -2.33. The normalized spacial score (nSPS) is 19.0. The van der Waals surface area contributed by atoms with Crippen molar-refractivity contribution in [3.63, 3.8) is 0 Å². The Bertz CT molecular complexity index is 665. The second kappa shape index (κ2) is 6.36. The van der Waals surface area contributed by atoms with Gasteiger partial charge in [0, 0.05) is 0 Å². The van der Waals surface area contributed by atoms with Gasteiger partial charge in [0.25, 0.3) is 5.91 Å². The van der Waals surface area contributed by atoms with Gasteiger partial charge in [-0.1, -0.05) is 6.07 Å². The van der Waals surface area contributed by atoms with Gasteiger partial charge in [-0.25, -0.2) is 8.42 Å². The molecule has 1 atom stereocenters. The third-order valence-corrected chi connectivity index (χ3v) is 6.41. The van der Waals surface area contributed by atoms with E-state index >= 15 is 0 Å². The van der Waals surface area contributed by atoms with Crippen molar-refractivity contribution in [3.05, 3.63) is 29.3 Å². The number of carbonyl (C=O) groups excluding carboxylic acids is 1. The summed E-state index contributed by atoms with van der Waals surface area (Å²) in [5.74, 6) is -0.347. The number of hydrogen-bond acceptors (Lipinski definition) is 3. The first-order valence-electron chi connectivity index (χ1n) is 7.45. The Morgan fingerprint density at radius 1 is 1.23 bits per heavy atom. The molecule has 1 aliphatic rings. The molecule has 7 heteroatoms. The Morgan fingerprint density at radius 2 is 1.82 bits per heavy atom. The van der Waals surface area contributed by atoms with Crippen LogP contribution in [0.15, 0.2) is 23.1 Å². The van der Waals surface area contributed by atoms with E-state index in [0.29, 0.717) is 31.1 Å². The Labute approximate surface area is 131 Å². The Morgan fingerprint density at radius 3 is 2.32 bits per heavy atom. The van der Waals surface area contributed by atoms with Crippen LogP contribution in [0.4, 0.5) is 0 Å². The van der Waals surface area contributed by atoms with Crippen LogP contribution in [0, 0.1) is 13.8 Å². The minimum absolute atomic E-state index is 0.286. The third-order valence-electron chi connectivity index (χ3n) is 4.52. The molecule has 0 saturated carbocycles. The molecule has 22 heavy (non-hydrogen) atoms. The molecule has 1 aliphatic heterocycles. The lowest BCUT2D eigenvalue weighted by Crippen LogP contribution is -3.19. The number of amides is 1. The van der Waals surface area contributed by atoms with Crippen molar-refractivity contribution in [2.75, 3.05) is 26.2 Å². The quantitative estimate of drug-likeness (QED) is 0.749. The second-order valence-corrected chi connectivity index (χ2v) is 7.87. The smallest absolute Gasteiger partial charge is 0.275 e. The van der Waals surface area contributed by atoms with Crippen LogP contribution in [-0.4, -0.2) is 50.9 Å². The molecular weight excluding hydrogens is 302 g/mol. The molecule has 6 nitrogen and oxygen atoms in total. The lowest BCUT2D eigenvalue weighted by atomic mass is 10.1. The van der Waals surface area contributed by atoms with Crippen molar-refractivity contribution in [2.45, 2.75) is 31.7 Å². The van der Waals surface area contributed by atoms with Crippen molar-refractivity contribution < 1.29 is 18.1 Å². The highest BCUT2D eigenvalue weighted by Crippen LogP contribution is 2.19. The Balaban J connectivity index is 2.12. The number of primary amides is 1. The van der Waals surface area contributed by atoms with E-state index in [9.17, 15) is 13.2 Å². The van der Waals surface area contributed by atoms with Gasteiger partial charge in [-0.3, -0.25) is 4.79 Å². The van der Waals surface area contributed by atoms with E-state index in [1.807, 2.05) is 19.9 Å². The number of hydrogen-bond donors (Lipinski definition) is 2. The number of aryl methyl sites for hydroxylation is 2. The largest absolute Gasteiger partial charge is 0.365 e. The number of rotatable bonds is 4. The predicted octanol–water partition coefficient (Wildman–Crippen LogP) is -0.934. The zero-order valence-corrected chi connectivity index (χ0v) is 14.1. The Hall–Kier alpha value is -1.44. The maximum Gasteiger partial charge on any atom is 0.275 e. The van der Waals surface area contributed by atoms with Gasteiger partial charge >= 0.3 is 0 Å². The SMILES string of the molecule is Cc1ccc(S(=O)(=O)N2CC[NH+]([C@@H](C)C(N)=O)CC2)cc1C. The zero-order chi connectivity index (χ0) is 16.5. The van der Waals surface area contributed by atoms with Crippen LogP contribution in [0.5, 0.6) is 0 Å². The van der Waals surface area contributed by atoms with E-state index in [2.05, 4.69) is 0 Å². The fourth-order valence-corrected chi connectivity index (χ4v) is 4.20. The van der Waals surface area contributed by atoms with Gasteiger partial charge in [0.15, 0.2) is 6.04 Å². The van der Waals surface area contributed by atoms with Crippen molar-refractivity contribution in [1.29, 1.82) is 0 Å². The molecule has 1 heterocycles. The number of nitrogens with one attached hydrogen (secondary N) is 1. The summed E-state index contributed by atoms with van der Waals surface area (Å²) in [5.41, 5.74) is 7.36. The van der Waals surface area contributed by atoms with Crippen molar-refractivity contribution in [2.24, 2.45) is 5.73 Å². The van der Waals surface area contributed by atoms with E-state index in [1.165, 1.54) is 4.31 Å². The fourth-order valence-electron chi connectivity index (χ4n) is 2.67. The van der Waals surface area contributed by atoms with Gasteiger partial charge in [0.2, 0.25) is 10.0 Å². The van der Waals surface area contributed by atoms with E-state index in [1.54, 1.807) is 19.1 Å².